The third kappa shape index (κ3) is 2.41. The van der Waals surface area contributed by atoms with Crippen LogP contribution in [0.25, 0.3) is 11.2 Å². The van der Waals surface area contributed by atoms with Crippen molar-refractivity contribution in [3.05, 3.63) is 27.2 Å². The van der Waals surface area contributed by atoms with E-state index in [4.69, 9.17) is 9.84 Å². The number of hydrogen-bond donors (Lipinski definition) is 3. The number of nitrogens with one attached hydrogen (secondary N) is 2. The molecule has 2 heterocycles. The maximum atomic E-state index is 11.5. The van der Waals surface area contributed by atoms with E-state index in [9.17, 15) is 19.2 Å². The molecule has 10 heteroatoms. The van der Waals surface area contributed by atoms with Gasteiger partial charge in [0.25, 0.3) is 5.56 Å². The maximum Gasteiger partial charge on any atom is 0.327 e. The number of imidazole rings is 1. The largest absolute Gasteiger partial charge is 0.393 e. The Kier molecular flexibility index (Phi) is 3.86. The molecule has 2 aromatic rings. The summed E-state index contributed by atoms with van der Waals surface area (Å²) >= 11 is 0. The second kappa shape index (κ2) is 5.59. The number of aldehydes is 2. The summed E-state index contributed by atoms with van der Waals surface area (Å²) in [5.41, 5.74) is -1.62. The van der Waals surface area contributed by atoms with Gasteiger partial charge in [0.1, 0.15) is 11.8 Å². The maximum absolute atomic E-state index is 11.5. The van der Waals surface area contributed by atoms with E-state index < -0.39 is 30.2 Å². The van der Waals surface area contributed by atoms with Gasteiger partial charge >= 0.3 is 5.69 Å². The Hall–Kier alpha value is -2.59. The van der Waals surface area contributed by atoms with Gasteiger partial charge in [-0.05, 0) is 0 Å². The van der Waals surface area contributed by atoms with Crippen LogP contribution in [0.2, 0.25) is 0 Å². The molecule has 106 valence electrons. The van der Waals surface area contributed by atoms with Gasteiger partial charge in [-0.2, -0.15) is 0 Å². The van der Waals surface area contributed by atoms with Gasteiger partial charge in [-0.25, -0.2) is 9.78 Å². The van der Waals surface area contributed by atoms with Crippen molar-refractivity contribution in [1.82, 2.24) is 19.5 Å². The topological polar surface area (TPSA) is 147 Å². The summed E-state index contributed by atoms with van der Waals surface area (Å²) in [4.78, 5) is 52.4. The number of carbonyl (C=O) groups excluding carboxylic acids is 2. The predicted molar refractivity (Wildman–Crippen MR) is 64.1 cm³/mol. The summed E-state index contributed by atoms with van der Waals surface area (Å²) < 4.78 is 6.11. The Morgan fingerprint density at radius 3 is 2.70 bits per heavy atom. The summed E-state index contributed by atoms with van der Waals surface area (Å²) in [6.45, 7) is -0.614. The zero-order chi connectivity index (χ0) is 14.7. The highest BCUT2D eigenvalue weighted by molar-refractivity contribution is 5.71. The van der Waals surface area contributed by atoms with Crippen LogP contribution in [0.3, 0.4) is 0 Å². The summed E-state index contributed by atoms with van der Waals surface area (Å²) in [5, 5.41) is 8.86. The third-order valence-corrected chi connectivity index (χ3v) is 2.50. The van der Waals surface area contributed by atoms with Crippen LogP contribution in [-0.4, -0.2) is 49.9 Å². The smallest absolute Gasteiger partial charge is 0.327 e. The Morgan fingerprint density at radius 2 is 2.10 bits per heavy atom. The first-order chi connectivity index (χ1) is 9.60. The molecular formula is C10H10N4O6. The molecule has 0 aliphatic carbocycles. The molecule has 0 aromatic carbocycles. The first kappa shape index (κ1) is 13.8. The van der Waals surface area contributed by atoms with Crippen LogP contribution >= 0.6 is 0 Å². The molecule has 3 N–H and O–H groups in total. The fourth-order valence-electron chi connectivity index (χ4n) is 1.61. The van der Waals surface area contributed by atoms with Crippen LogP contribution in [0.15, 0.2) is 15.9 Å². The minimum absolute atomic E-state index is 0.0292. The number of ether oxygens (including phenoxy) is 1. The molecule has 2 aromatic heterocycles. The third-order valence-electron chi connectivity index (χ3n) is 2.50. The molecule has 0 amide bonds. The molecule has 10 nitrogen and oxygen atoms in total. The van der Waals surface area contributed by atoms with Crippen molar-refractivity contribution in [3.8, 4) is 0 Å². The molecular weight excluding hydrogens is 272 g/mol. The van der Waals surface area contributed by atoms with Crippen LogP contribution in [0.4, 0.5) is 0 Å². The summed E-state index contributed by atoms with van der Waals surface area (Å²) in [6, 6.07) is 0. The molecule has 0 aliphatic heterocycles. The number of aromatic amines is 2. The molecule has 0 saturated heterocycles. The normalized spacial score (nSPS) is 14.1. The number of aliphatic hydroxyl groups excluding tert-OH is 1. The molecule has 20 heavy (non-hydrogen) atoms. The second-order valence-corrected chi connectivity index (χ2v) is 3.78. The Morgan fingerprint density at radius 1 is 1.35 bits per heavy atom. The van der Waals surface area contributed by atoms with Crippen molar-refractivity contribution in [2.45, 2.75) is 12.3 Å². The minimum Gasteiger partial charge on any atom is -0.393 e. The lowest BCUT2D eigenvalue weighted by atomic mass is 10.4. The monoisotopic (exact) mass is 282 g/mol. The second-order valence-electron chi connectivity index (χ2n) is 3.78. The van der Waals surface area contributed by atoms with E-state index in [1.807, 2.05) is 4.98 Å². The van der Waals surface area contributed by atoms with Gasteiger partial charge in [0.2, 0.25) is 0 Å². The molecule has 0 aliphatic rings. The first-order valence-corrected chi connectivity index (χ1v) is 5.46. The van der Waals surface area contributed by atoms with Crippen molar-refractivity contribution in [2.75, 3.05) is 6.61 Å². The summed E-state index contributed by atoms with van der Waals surface area (Å²) in [5.74, 6) is 0. The highest BCUT2D eigenvalue weighted by Crippen LogP contribution is 2.13. The number of H-pyrrole nitrogens is 2. The predicted octanol–water partition coefficient (Wildman–Crippen LogP) is -2.31. The Labute approximate surface area is 110 Å². The van der Waals surface area contributed by atoms with Gasteiger partial charge in [-0.15, -0.1) is 0 Å². The van der Waals surface area contributed by atoms with Gasteiger partial charge in [0.05, 0.1) is 12.9 Å². The first-order valence-electron chi connectivity index (χ1n) is 5.46. The fourth-order valence-corrected chi connectivity index (χ4v) is 1.61. The van der Waals surface area contributed by atoms with E-state index in [1.165, 1.54) is 0 Å². The molecule has 0 spiro atoms. The zero-order valence-electron chi connectivity index (χ0n) is 9.98. The van der Waals surface area contributed by atoms with Crippen LogP contribution in [0.5, 0.6) is 0 Å². The molecule has 2 unspecified atom stereocenters. The lowest BCUT2D eigenvalue weighted by Crippen LogP contribution is -2.27. The molecule has 0 bridgehead atoms. The molecule has 0 radical (unpaired) electrons. The number of fused-ring (bicyclic) bond motifs is 1. The van der Waals surface area contributed by atoms with Gasteiger partial charge in [-0.3, -0.25) is 24.1 Å². The molecule has 2 atom stereocenters. The number of aliphatic hydroxyl groups is 1. The number of aromatic nitrogens is 4. The highest BCUT2D eigenvalue weighted by Gasteiger charge is 2.20. The molecule has 2 rings (SSSR count). The lowest BCUT2D eigenvalue weighted by molar-refractivity contribution is -0.139. The summed E-state index contributed by atoms with van der Waals surface area (Å²) in [7, 11) is 0. The highest BCUT2D eigenvalue weighted by atomic mass is 16.5. The van der Waals surface area contributed by atoms with Crippen molar-refractivity contribution in [3.63, 3.8) is 0 Å². The van der Waals surface area contributed by atoms with E-state index >= 15 is 0 Å². The minimum atomic E-state index is -1.32. The van der Waals surface area contributed by atoms with Crippen molar-refractivity contribution in [2.24, 2.45) is 0 Å². The average Bonchev–Trinajstić information content (AvgIpc) is 2.84. The van der Waals surface area contributed by atoms with Crippen LogP contribution < -0.4 is 11.2 Å². The zero-order valence-corrected chi connectivity index (χ0v) is 9.98. The van der Waals surface area contributed by atoms with E-state index in [0.717, 1.165) is 10.9 Å². The van der Waals surface area contributed by atoms with Crippen molar-refractivity contribution in [1.29, 1.82) is 0 Å². The number of carbonyl (C=O) groups is 2. The SMILES string of the molecule is O=CC(CO)OC(C=O)n1cnc2c(=O)[nH]c(=O)[nH]c21. The van der Waals surface area contributed by atoms with Crippen molar-refractivity contribution < 1.29 is 19.4 Å². The van der Waals surface area contributed by atoms with E-state index in [1.54, 1.807) is 0 Å². The van der Waals surface area contributed by atoms with E-state index in [0.29, 0.717) is 12.6 Å². The number of nitrogens with zero attached hydrogens (tertiary/aromatic N) is 2. The number of hydrogen-bond acceptors (Lipinski definition) is 7. The van der Waals surface area contributed by atoms with E-state index in [-0.39, 0.29) is 11.2 Å². The Bertz CT molecular complexity index is 744. The molecule has 0 fully saturated rings. The van der Waals surface area contributed by atoms with Crippen molar-refractivity contribution >= 4 is 23.7 Å². The fraction of sp³-hybridized carbons (Fsp3) is 0.300. The van der Waals surface area contributed by atoms with Gasteiger partial charge in [-0.1, -0.05) is 0 Å². The van der Waals surface area contributed by atoms with Gasteiger partial charge in [0.15, 0.2) is 24.3 Å². The standard InChI is InChI=1S/C10H10N4O6/c15-1-5(2-16)20-6(3-17)14-4-11-7-8(14)12-10(19)13-9(7)18/h1,3-6,16H,2H2,(H2,12,13,18,19). The Balaban J connectivity index is 2.50. The van der Waals surface area contributed by atoms with Crippen LogP contribution in [0, 0.1) is 0 Å². The number of rotatable bonds is 6. The quantitative estimate of drug-likeness (QED) is 0.504. The van der Waals surface area contributed by atoms with Gasteiger partial charge < -0.3 is 14.6 Å². The van der Waals surface area contributed by atoms with Gasteiger partial charge in [0, 0.05) is 0 Å². The van der Waals surface area contributed by atoms with E-state index in [2.05, 4.69) is 9.97 Å². The van der Waals surface area contributed by atoms with Crippen LogP contribution in [-0.2, 0) is 14.3 Å². The lowest BCUT2D eigenvalue weighted by Gasteiger charge is -2.16. The van der Waals surface area contributed by atoms with Crippen LogP contribution in [0.1, 0.15) is 6.23 Å². The molecule has 0 saturated carbocycles. The average molecular weight is 282 g/mol. The summed E-state index contributed by atoms with van der Waals surface area (Å²) in [6.07, 6.45) is -0.761.